The first-order valence-electron chi connectivity index (χ1n) is 6.70. The van der Waals surface area contributed by atoms with E-state index in [0.29, 0.717) is 6.42 Å². The molecule has 2 unspecified atom stereocenters. The first-order valence-corrected chi connectivity index (χ1v) is 9.14. The molecule has 124 valence electrons. The Kier molecular flexibility index (Phi) is 5.03. The molecule has 0 fully saturated rings. The lowest BCUT2D eigenvalue weighted by Gasteiger charge is -2.23. The van der Waals surface area contributed by atoms with E-state index >= 15 is 0 Å². The molecule has 2 rings (SSSR count). The van der Waals surface area contributed by atoms with Gasteiger partial charge in [-0.15, -0.1) is 20.5 Å². The number of alkyl halides is 2. The number of hydrogen-bond donors (Lipinski definition) is 1. The minimum Gasteiger partial charge on any atom is -0.395 e. The molecule has 0 bridgehead atoms. The second-order valence-electron chi connectivity index (χ2n) is 5.88. The van der Waals surface area contributed by atoms with E-state index in [0.717, 1.165) is 5.56 Å². The molecule has 1 aromatic carbocycles. The molecule has 0 saturated heterocycles. The van der Waals surface area contributed by atoms with Crippen molar-refractivity contribution in [1.82, 2.24) is 4.72 Å². The van der Waals surface area contributed by atoms with Gasteiger partial charge in [0.15, 0.2) is 11.5 Å². The monoisotopic (exact) mass is 351 g/mol. The van der Waals surface area contributed by atoms with Crippen molar-refractivity contribution in [1.29, 1.82) is 0 Å². The van der Waals surface area contributed by atoms with Crippen molar-refractivity contribution < 1.29 is 22.5 Å². The predicted molar refractivity (Wildman–Crippen MR) is 84.7 cm³/mol. The molecule has 0 aliphatic carbocycles. The van der Waals surface area contributed by atoms with Crippen molar-refractivity contribution in [2.75, 3.05) is 6.26 Å². The molecular formula is C14H19F2NO3S2. The van der Waals surface area contributed by atoms with Crippen LogP contribution in [0, 0.1) is 0 Å². The predicted octanol–water partition coefficient (Wildman–Crippen LogP) is 3.29. The van der Waals surface area contributed by atoms with Crippen LogP contribution in [0.1, 0.15) is 26.3 Å². The number of ether oxygens (including phenoxy) is 2. The molecule has 0 aromatic heterocycles. The highest BCUT2D eigenvalue weighted by Gasteiger charge is 2.43. The maximum Gasteiger partial charge on any atom is 0.586 e. The molecule has 8 heteroatoms. The third kappa shape index (κ3) is 4.33. The van der Waals surface area contributed by atoms with Crippen molar-refractivity contribution in [2.24, 2.45) is 0 Å². The van der Waals surface area contributed by atoms with Crippen molar-refractivity contribution in [3.63, 3.8) is 0 Å². The number of thioether (sulfide) groups is 1. The van der Waals surface area contributed by atoms with Crippen molar-refractivity contribution in [3.05, 3.63) is 23.8 Å². The van der Waals surface area contributed by atoms with Gasteiger partial charge in [-0.3, -0.25) is 0 Å². The average molecular weight is 351 g/mol. The maximum atomic E-state index is 13.0. The van der Waals surface area contributed by atoms with Gasteiger partial charge in [-0.05, 0) is 51.1 Å². The van der Waals surface area contributed by atoms with E-state index in [-0.39, 0.29) is 21.6 Å². The Balaban J connectivity index is 2.06. The molecule has 22 heavy (non-hydrogen) atoms. The van der Waals surface area contributed by atoms with E-state index in [1.165, 1.54) is 23.9 Å². The summed E-state index contributed by atoms with van der Waals surface area (Å²) in [5.41, 5.74) is 0.804. The average Bonchev–Trinajstić information content (AvgIpc) is 2.69. The Bertz CT molecular complexity index is 576. The maximum absolute atomic E-state index is 13.0. The molecule has 2 atom stereocenters. The number of hydrogen-bond acceptors (Lipinski definition) is 4. The molecule has 0 saturated carbocycles. The van der Waals surface area contributed by atoms with Crippen LogP contribution < -0.4 is 14.2 Å². The summed E-state index contributed by atoms with van der Waals surface area (Å²) >= 11 is 1.52. The van der Waals surface area contributed by atoms with Crippen molar-refractivity contribution in [2.45, 2.75) is 43.6 Å². The summed E-state index contributed by atoms with van der Waals surface area (Å²) < 4.78 is 49.6. The normalized spacial score (nSPS) is 19.0. The quantitative estimate of drug-likeness (QED) is 0.827. The number of halogens is 2. The zero-order valence-corrected chi connectivity index (χ0v) is 14.4. The van der Waals surface area contributed by atoms with E-state index in [4.69, 9.17) is 0 Å². The zero-order valence-electron chi connectivity index (χ0n) is 12.8. The number of benzene rings is 1. The van der Waals surface area contributed by atoms with Crippen LogP contribution in [-0.2, 0) is 17.4 Å². The molecule has 0 spiro atoms. The van der Waals surface area contributed by atoms with Crippen LogP contribution in [0.2, 0.25) is 0 Å². The fourth-order valence-corrected chi connectivity index (χ4v) is 3.49. The van der Waals surface area contributed by atoms with Crippen LogP contribution in [0.15, 0.2) is 18.2 Å². The van der Waals surface area contributed by atoms with Crippen molar-refractivity contribution >= 4 is 22.7 Å². The molecule has 1 N–H and O–H groups in total. The van der Waals surface area contributed by atoms with Crippen LogP contribution in [0.4, 0.5) is 8.78 Å². The lowest BCUT2D eigenvalue weighted by atomic mass is 10.1. The summed E-state index contributed by atoms with van der Waals surface area (Å²) in [5, 5.41) is -0.0964. The number of rotatable bonds is 5. The Morgan fingerprint density at radius 2 is 1.95 bits per heavy atom. The number of nitrogens with one attached hydrogen (secondary N) is 1. The first-order chi connectivity index (χ1) is 10.1. The largest absolute Gasteiger partial charge is 0.586 e. The molecule has 1 heterocycles. The molecule has 0 radical (unpaired) electrons. The Morgan fingerprint density at radius 3 is 2.55 bits per heavy atom. The van der Waals surface area contributed by atoms with Gasteiger partial charge in [0.25, 0.3) is 0 Å². The first kappa shape index (κ1) is 17.5. The van der Waals surface area contributed by atoms with Gasteiger partial charge < -0.3 is 9.47 Å². The molecule has 4 nitrogen and oxygen atoms in total. The van der Waals surface area contributed by atoms with Crippen molar-refractivity contribution in [3.8, 4) is 11.5 Å². The molecular weight excluding hydrogens is 332 g/mol. The van der Waals surface area contributed by atoms with Crippen LogP contribution >= 0.6 is 11.8 Å². The highest BCUT2D eigenvalue weighted by molar-refractivity contribution is 7.99. The van der Waals surface area contributed by atoms with Crippen LogP contribution in [0.25, 0.3) is 0 Å². The summed E-state index contributed by atoms with van der Waals surface area (Å²) in [7, 11) is -1.20. The summed E-state index contributed by atoms with van der Waals surface area (Å²) in [6.45, 7) is 5.66. The minimum absolute atomic E-state index is 0.0271. The third-order valence-corrected chi connectivity index (χ3v) is 5.58. The van der Waals surface area contributed by atoms with Gasteiger partial charge in [0, 0.05) is 0 Å². The van der Waals surface area contributed by atoms with Gasteiger partial charge in [0.05, 0.1) is 21.1 Å². The van der Waals surface area contributed by atoms with E-state index < -0.39 is 17.3 Å². The number of fused-ring (bicyclic) bond motifs is 1. The summed E-state index contributed by atoms with van der Waals surface area (Å²) in [6.07, 6.45) is -1.17. The van der Waals surface area contributed by atoms with E-state index in [9.17, 15) is 13.0 Å². The summed E-state index contributed by atoms with van der Waals surface area (Å²) in [6, 6.07) is 4.69. The van der Waals surface area contributed by atoms with E-state index in [1.54, 1.807) is 6.07 Å². The van der Waals surface area contributed by atoms with E-state index in [1.807, 2.05) is 27.0 Å². The topological polar surface area (TPSA) is 47.6 Å². The van der Waals surface area contributed by atoms with E-state index in [2.05, 4.69) is 14.2 Å². The minimum atomic E-state index is -3.61. The second kappa shape index (κ2) is 6.33. The molecule has 0 amide bonds. The fourth-order valence-electron chi connectivity index (χ4n) is 1.80. The lowest BCUT2D eigenvalue weighted by molar-refractivity contribution is -0.286. The third-order valence-electron chi connectivity index (χ3n) is 2.97. The standard InChI is InChI=1S/C14H19F2NO3S2/c1-13(2,3)22(18)17-12(21-4)8-9-5-6-10-11(7-9)20-14(15,16)19-10/h5-7,12,17H,8H2,1-4H3. The zero-order chi connectivity index (χ0) is 16.5. The summed E-state index contributed by atoms with van der Waals surface area (Å²) in [5.74, 6) is 0.0555. The van der Waals surface area contributed by atoms with Gasteiger partial charge in [-0.25, -0.2) is 8.93 Å². The van der Waals surface area contributed by atoms with Gasteiger partial charge in [-0.2, -0.15) is 0 Å². The highest BCUT2D eigenvalue weighted by atomic mass is 32.2. The fraction of sp³-hybridized carbons (Fsp3) is 0.571. The highest BCUT2D eigenvalue weighted by Crippen LogP contribution is 2.41. The van der Waals surface area contributed by atoms with Gasteiger partial charge in [-0.1, -0.05) is 6.07 Å². The van der Waals surface area contributed by atoms with Crippen LogP contribution in [0.3, 0.4) is 0 Å². The second-order valence-corrected chi connectivity index (χ2v) is 8.91. The Labute approximate surface area is 135 Å². The summed E-state index contributed by atoms with van der Waals surface area (Å²) in [4.78, 5) is 0. The molecule has 1 aliphatic rings. The lowest BCUT2D eigenvalue weighted by Crippen LogP contribution is -2.39. The van der Waals surface area contributed by atoms with Gasteiger partial charge in [0.1, 0.15) is 0 Å². The molecule has 1 aromatic rings. The molecule has 1 aliphatic heterocycles. The van der Waals surface area contributed by atoms with Crippen LogP contribution in [-0.4, -0.2) is 26.9 Å². The van der Waals surface area contributed by atoms with Gasteiger partial charge >= 0.3 is 6.29 Å². The Hall–Kier alpha value is -0.860. The Morgan fingerprint density at radius 1 is 1.32 bits per heavy atom. The SMILES string of the molecule is CSC(Cc1ccc2c(c1)OC(F)(F)O2)NS(=O)C(C)(C)C. The van der Waals surface area contributed by atoms with Crippen LogP contribution in [0.5, 0.6) is 11.5 Å². The van der Waals surface area contributed by atoms with Gasteiger partial charge in [0.2, 0.25) is 0 Å². The smallest absolute Gasteiger partial charge is 0.395 e.